The number of ether oxygens (including phenoxy) is 2. The van der Waals surface area contributed by atoms with Crippen molar-refractivity contribution in [3.8, 4) is 5.75 Å². The molecule has 154 valence electrons. The van der Waals surface area contributed by atoms with E-state index in [1.165, 1.54) is 7.11 Å². The van der Waals surface area contributed by atoms with Crippen molar-refractivity contribution in [2.45, 2.75) is 51.7 Å². The topological polar surface area (TPSA) is 76.7 Å². The SMILES string of the molecule is CCC(c1c(F)cc(OC)cc1F)C(CNC=O)NC=O.COC(C)(C)C. The molecule has 0 fully saturated rings. The summed E-state index contributed by atoms with van der Waals surface area (Å²) < 4.78 is 38.0. The van der Waals surface area contributed by atoms with Crippen molar-refractivity contribution in [2.24, 2.45) is 0 Å². The van der Waals surface area contributed by atoms with Gasteiger partial charge in [-0.25, -0.2) is 8.78 Å². The summed E-state index contributed by atoms with van der Waals surface area (Å²) in [5.74, 6) is -2.03. The second-order valence-corrected chi connectivity index (χ2v) is 6.75. The number of carbonyl (C=O) groups is 2. The van der Waals surface area contributed by atoms with E-state index in [2.05, 4.69) is 10.6 Å². The number of carbonyl (C=O) groups excluding carboxylic acids is 2. The summed E-state index contributed by atoms with van der Waals surface area (Å²) in [4.78, 5) is 21.1. The highest BCUT2D eigenvalue weighted by Crippen LogP contribution is 2.31. The number of benzene rings is 1. The predicted molar refractivity (Wildman–Crippen MR) is 99.8 cm³/mol. The lowest BCUT2D eigenvalue weighted by Gasteiger charge is -2.26. The number of nitrogens with one attached hydrogen (secondary N) is 2. The maximum Gasteiger partial charge on any atom is 0.207 e. The van der Waals surface area contributed by atoms with Crippen LogP contribution in [0.25, 0.3) is 0 Å². The molecule has 2 N–H and O–H groups in total. The third kappa shape index (κ3) is 8.81. The summed E-state index contributed by atoms with van der Waals surface area (Å²) >= 11 is 0. The molecule has 27 heavy (non-hydrogen) atoms. The Kier molecular flexibility index (Phi) is 11.2. The summed E-state index contributed by atoms with van der Waals surface area (Å²) in [5.41, 5.74) is -0.0923. The van der Waals surface area contributed by atoms with Gasteiger partial charge in [-0.2, -0.15) is 0 Å². The van der Waals surface area contributed by atoms with Crippen LogP contribution in [0.5, 0.6) is 5.75 Å². The van der Waals surface area contributed by atoms with Gasteiger partial charge in [0.05, 0.1) is 18.8 Å². The van der Waals surface area contributed by atoms with Crippen molar-refractivity contribution in [3.63, 3.8) is 0 Å². The second kappa shape index (κ2) is 12.2. The zero-order valence-electron chi connectivity index (χ0n) is 16.8. The van der Waals surface area contributed by atoms with Gasteiger partial charge in [-0.3, -0.25) is 9.59 Å². The van der Waals surface area contributed by atoms with Gasteiger partial charge in [0.25, 0.3) is 0 Å². The molecule has 0 radical (unpaired) electrons. The van der Waals surface area contributed by atoms with Gasteiger partial charge in [-0.1, -0.05) is 6.92 Å². The first-order valence-electron chi connectivity index (χ1n) is 8.59. The Bertz CT molecular complexity index is 569. The van der Waals surface area contributed by atoms with Crippen LogP contribution >= 0.6 is 0 Å². The molecule has 1 aromatic carbocycles. The molecule has 0 saturated carbocycles. The molecule has 0 aliphatic carbocycles. The lowest BCUT2D eigenvalue weighted by Crippen LogP contribution is -2.42. The smallest absolute Gasteiger partial charge is 0.207 e. The van der Waals surface area contributed by atoms with E-state index in [-0.39, 0.29) is 23.5 Å². The van der Waals surface area contributed by atoms with E-state index in [0.29, 0.717) is 19.2 Å². The van der Waals surface area contributed by atoms with Crippen LogP contribution in [0, 0.1) is 11.6 Å². The van der Waals surface area contributed by atoms with Crippen LogP contribution in [0.2, 0.25) is 0 Å². The fourth-order valence-corrected chi connectivity index (χ4v) is 2.30. The summed E-state index contributed by atoms with van der Waals surface area (Å²) in [6.45, 7) is 7.88. The van der Waals surface area contributed by atoms with E-state index >= 15 is 0 Å². The monoisotopic (exact) mass is 388 g/mol. The van der Waals surface area contributed by atoms with Crippen molar-refractivity contribution in [3.05, 3.63) is 29.3 Å². The molecule has 2 amide bonds. The zero-order chi connectivity index (χ0) is 21.0. The normalized spacial score (nSPS) is 12.9. The predicted octanol–water partition coefficient (Wildman–Crippen LogP) is 2.76. The van der Waals surface area contributed by atoms with Gasteiger partial charge >= 0.3 is 0 Å². The van der Waals surface area contributed by atoms with E-state index in [4.69, 9.17) is 9.47 Å². The van der Waals surface area contributed by atoms with Crippen LogP contribution in [-0.4, -0.2) is 45.2 Å². The van der Waals surface area contributed by atoms with Gasteiger partial charge < -0.3 is 20.1 Å². The highest BCUT2D eigenvalue weighted by atomic mass is 19.1. The quantitative estimate of drug-likeness (QED) is 0.638. The Labute approximate surface area is 159 Å². The first-order valence-corrected chi connectivity index (χ1v) is 8.59. The van der Waals surface area contributed by atoms with Crippen LogP contribution in [0.15, 0.2) is 12.1 Å². The number of methoxy groups -OCH3 is 2. The number of hydrogen-bond donors (Lipinski definition) is 2. The Balaban J connectivity index is 0.000000972. The minimum Gasteiger partial charge on any atom is -0.497 e. The average Bonchev–Trinajstić information content (AvgIpc) is 2.61. The lowest BCUT2D eigenvalue weighted by atomic mass is 9.88. The molecule has 0 heterocycles. The first-order chi connectivity index (χ1) is 12.6. The number of rotatable bonds is 9. The summed E-state index contributed by atoms with van der Waals surface area (Å²) in [6.07, 6.45) is 1.29. The molecule has 2 atom stereocenters. The molecule has 0 spiro atoms. The molecular formula is C19H30F2N2O4. The minimum atomic E-state index is -0.748. The average molecular weight is 388 g/mol. The highest BCUT2D eigenvalue weighted by molar-refractivity contribution is 5.49. The van der Waals surface area contributed by atoms with E-state index in [1.54, 1.807) is 14.0 Å². The van der Waals surface area contributed by atoms with Crippen molar-refractivity contribution >= 4 is 12.8 Å². The molecule has 1 rings (SSSR count). The number of hydrogen-bond acceptors (Lipinski definition) is 4. The molecule has 8 heteroatoms. The van der Waals surface area contributed by atoms with Gasteiger partial charge in [-0.15, -0.1) is 0 Å². The fraction of sp³-hybridized carbons (Fsp3) is 0.579. The maximum absolute atomic E-state index is 14.1. The molecule has 0 aliphatic rings. The van der Waals surface area contributed by atoms with Crippen molar-refractivity contribution in [2.75, 3.05) is 20.8 Å². The van der Waals surface area contributed by atoms with E-state index in [1.807, 2.05) is 20.8 Å². The molecule has 0 bridgehead atoms. The minimum absolute atomic E-state index is 0.0417. The molecule has 6 nitrogen and oxygen atoms in total. The lowest BCUT2D eigenvalue weighted by molar-refractivity contribution is -0.112. The van der Waals surface area contributed by atoms with Crippen LogP contribution in [0.4, 0.5) is 8.78 Å². The fourth-order valence-electron chi connectivity index (χ4n) is 2.30. The summed E-state index contributed by atoms with van der Waals surface area (Å²) in [5, 5.41) is 4.89. The molecule has 2 unspecified atom stereocenters. The third-order valence-corrected chi connectivity index (χ3v) is 3.90. The largest absolute Gasteiger partial charge is 0.497 e. The maximum atomic E-state index is 14.1. The van der Waals surface area contributed by atoms with E-state index in [0.717, 1.165) is 12.1 Å². The van der Waals surface area contributed by atoms with E-state index in [9.17, 15) is 18.4 Å². The van der Waals surface area contributed by atoms with Crippen molar-refractivity contribution in [1.29, 1.82) is 0 Å². The third-order valence-electron chi connectivity index (χ3n) is 3.90. The Hall–Kier alpha value is -2.22. The molecule has 0 saturated heterocycles. The van der Waals surface area contributed by atoms with Crippen LogP contribution in [0.1, 0.15) is 45.6 Å². The summed E-state index contributed by atoms with van der Waals surface area (Å²) in [7, 11) is 3.02. The highest BCUT2D eigenvalue weighted by Gasteiger charge is 2.27. The van der Waals surface area contributed by atoms with Crippen LogP contribution in [0.3, 0.4) is 0 Å². The van der Waals surface area contributed by atoms with Crippen molar-refractivity contribution < 1.29 is 27.8 Å². The standard InChI is InChI=1S/C14H18F2N2O3.C5H12O/c1-3-10(13(18-8-20)6-17-7-19)14-11(15)4-9(21-2)5-12(14)16;1-5(2,3)6-4/h4-5,7-8,10,13H,3,6H2,1-2H3,(H,17,19)(H,18,20);1-4H3. The van der Waals surface area contributed by atoms with Gasteiger partial charge in [0.1, 0.15) is 17.4 Å². The molecular weight excluding hydrogens is 358 g/mol. The van der Waals surface area contributed by atoms with E-state index < -0.39 is 23.6 Å². The zero-order valence-corrected chi connectivity index (χ0v) is 16.8. The van der Waals surface area contributed by atoms with Crippen LogP contribution in [-0.2, 0) is 14.3 Å². The van der Waals surface area contributed by atoms with Gasteiger partial charge in [0, 0.05) is 37.3 Å². The van der Waals surface area contributed by atoms with Crippen molar-refractivity contribution in [1.82, 2.24) is 10.6 Å². The Morgan fingerprint density at radius 2 is 1.63 bits per heavy atom. The summed E-state index contributed by atoms with van der Waals surface area (Å²) in [6, 6.07) is 1.56. The second-order valence-electron chi connectivity index (χ2n) is 6.75. The number of halogens is 2. The Morgan fingerprint density at radius 3 is 1.96 bits per heavy atom. The van der Waals surface area contributed by atoms with Gasteiger partial charge in [0.15, 0.2) is 0 Å². The molecule has 0 aliphatic heterocycles. The molecule has 0 aromatic heterocycles. The van der Waals surface area contributed by atoms with Gasteiger partial charge in [0.2, 0.25) is 12.8 Å². The Morgan fingerprint density at radius 1 is 1.11 bits per heavy atom. The van der Waals surface area contributed by atoms with Crippen LogP contribution < -0.4 is 15.4 Å². The molecule has 1 aromatic rings. The first kappa shape index (κ1) is 24.8. The van der Waals surface area contributed by atoms with Gasteiger partial charge in [-0.05, 0) is 27.2 Å². The number of amides is 2.